The Labute approximate surface area is 155 Å². The van der Waals surface area contributed by atoms with Crippen molar-refractivity contribution in [3.8, 4) is 11.8 Å². The van der Waals surface area contributed by atoms with Gasteiger partial charge >= 0.3 is 5.97 Å². The van der Waals surface area contributed by atoms with E-state index in [2.05, 4.69) is 5.32 Å². The van der Waals surface area contributed by atoms with Crippen molar-refractivity contribution in [2.24, 2.45) is 0 Å². The molecule has 1 aliphatic rings. The summed E-state index contributed by atoms with van der Waals surface area (Å²) in [6.45, 7) is -0.465. The van der Waals surface area contributed by atoms with Gasteiger partial charge in [0.25, 0.3) is 5.91 Å². The number of rotatable bonds is 7. The number of ether oxygens (including phenoxy) is 2. The number of carbonyl (C=O) groups is 2. The van der Waals surface area contributed by atoms with Crippen LogP contribution in [0.5, 0.6) is 5.75 Å². The summed E-state index contributed by atoms with van der Waals surface area (Å²) in [5.41, 5.74) is 0.646. The Hall–Kier alpha value is -3.40. The standard InChI is InChI=1S/C20H17FN2O4/c21-15-7-5-13(6-8-15)19(20(25)23-16-9-10-16)27-18(24)12-26-17-4-2-1-3-14(17)11-22/h1-8,16,19H,9-10,12H2,(H,23,25). The van der Waals surface area contributed by atoms with Crippen LogP contribution in [-0.2, 0) is 14.3 Å². The van der Waals surface area contributed by atoms with Crippen molar-refractivity contribution in [1.82, 2.24) is 5.32 Å². The number of hydrogen-bond donors (Lipinski definition) is 1. The van der Waals surface area contributed by atoms with Gasteiger partial charge in [-0.15, -0.1) is 0 Å². The summed E-state index contributed by atoms with van der Waals surface area (Å²) in [5.74, 6) is -1.45. The van der Waals surface area contributed by atoms with E-state index in [1.165, 1.54) is 24.3 Å². The minimum absolute atomic E-state index is 0.0814. The van der Waals surface area contributed by atoms with Crippen molar-refractivity contribution in [3.63, 3.8) is 0 Å². The van der Waals surface area contributed by atoms with Crippen molar-refractivity contribution < 1.29 is 23.5 Å². The van der Waals surface area contributed by atoms with Gasteiger partial charge in [0.15, 0.2) is 6.61 Å². The Kier molecular flexibility index (Phi) is 5.67. The average Bonchev–Trinajstić information content (AvgIpc) is 3.49. The predicted octanol–water partition coefficient (Wildman–Crippen LogP) is 2.64. The minimum atomic E-state index is -1.20. The predicted molar refractivity (Wildman–Crippen MR) is 93.0 cm³/mol. The number of esters is 1. The first-order valence-electron chi connectivity index (χ1n) is 8.44. The molecule has 0 heterocycles. The topological polar surface area (TPSA) is 88.4 Å². The molecule has 0 bridgehead atoms. The Morgan fingerprint density at radius 1 is 1.19 bits per heavy atom. The van der Waals surface area contributed by atoms with Gasteiger partial charge in [0.1, 0.15) is 17.6 Å². The molecule has 0 aliphatic heterocycles. The van der Waals surface area contributed by atoms with Crippen LogP contribution < -0.4 is 10.1 Å². The van der Waals surface area contributed by atoms with Crippen molar-refractivity contribution in [3.05, 3.63) is 65.5 Å². The summed E-state index contributed by atoms with van der Waals surface area (Å²) in [5, 5.41) is 11.8. The molecule has 1 atom stereocenters. The number of benzene rings is 2. The molecule has 2 aromatic rings. The monoisotopic (exact) mass is 368 g/mol. The van der Waals surface area contributed by atoms with Crippen molar-refractivity contribution in [1.29, 1.82) is 5.26 Å². The number of nitrogens with zero attached hydrogens (tertiary/aromatic N) is 1. The third-order valence-corrected chi connectivity index (χ3v) is 3.94. The van der Waals surface area contributed by atoms with Gasteiger partial charge in [-0.1, -0.05) is 24.3 Å². The second-order valence-electron chi connectivity index (χ2n) is 6.10. The average molecular weight is 368 g/mol. The number of amides is 1. The SMILES string of the molecule is N#Cc1ccccc1OCC(=O)OC(C(=O)NC1CC1)c1ccc(F)cc1. The molecule has 3 rings (SSSR count). The van der Waals surface area contributed by atoms with Crippen LogP contribution in [0.2, 0.25) is 0 Å². The maximum atomic E-state index is 13.2. The maximum Gasteiger partial charge on any atom is 0.345 e. The van der Waals surface area contributed by atoms with Crippen molar-refractivity contribution in [2.45, 2.75) is 25.0 Å². The molecular formula is C20H17FN2O4. The molecule has 0 saturated heterocycles. The van der Waals surface area contributed by atoms with E-state index in [9.17, 15) is 14.0 Å². The van der Waals surface area contributed by atoms with Crippen LogP contribution in [0.25, 0.3) is 0 Å². The van der Waals surface area contributed by atoms with E-state index < -0.39 is 30.4 Å². The molecule has 1 amide bonds. The maximum absolute atomic E-state index is 13.2. The quantitative estimate of drug-likeness (QED) is 0.759. The lowest BCUT2D eigenvalue weighted by Crippen LogP contribution is -2.34. The summed E-state index contributed by atoms with van der Waals surface area (Å²) in [6, 6.07) is 13.7. The molecule has 0 aromatic heterocycles. The molecule has 2 aromatic carbocycles. The van der Waals surface area contributed by atoms with Gasteiger partial charge in [0.05, 0.1) is 5.56 Å². The summed E-state index contributed by atoms with van der Waals surface area (Å²) in [6.07, 6.45) is 0.557. The molecular weight excluding hydrogens is 351 g/mol. The minimum Gasteiger partial charge on any atom is -0.481 e. The molecule has 6 nitrogen and oxygen atoms in total. The van der Waals surface area contributed by atoms with Gasteiger partial charge in [-0.3, -0.25) is 4.79 Å². The van der Waals surface area contributed by atoms with Crippen LogP contribution >= 0.6 is 0 Å². The lowest BCUT2D eigenvalue weighted by atomic mass is 10.1. The number of carbonyl (C=O) groups excluding carboxylic acids is 2. The van der Waals surface area contributed by atoms with Gasteiger partial charge in [-0.05, 0) is 37.1 Å². The van der Waals surface area contributed by atoms with Gasteiger partial charge in [-0.2, -0.15) is 5.26 Å². The number of nitriles is 1. The fourth-order valence-electron chi connectivity index (χ4n) is 2.40. The molecule has 138 valence electrons. The first-order valence-corrected chi connectivity index (χ1v) is 8.44. The van der Waals surface area contributed by atoms with Crippen LogP contribution in [-0.4, -0.2) is 24.5 Å². The van der Waals surface area contributed by atoms with Gasteiger partial charge < -0.3 is 14.8 Å². The van der Waals surface area contributed by atoms with Crippen LogP contribution in [0.1, 0.15) is 30.1 Å². The van der Waals surface area contributed by atoms with E-state index in [4.69, 9.17) is 14.7 Å². The molecule has 1 saturated carbocycles. The highest BCUT2D eigenvalue weighted by atomic mass is 19.1. The van der Waals surface area contributed by atoms with Gasteiger partial charge in [0.2, 0.25) is 6.10 Å². The summed E-state index contributed by atoms with van der Waals surface area (Å²) in [4.78, 5) is 24.6. The van der Waals surface area contributed by atoms with E-state index in [-0.39, 0.29) is 17.4 Å². The van der Waals surface area contributed by atoms with Gasteiger partial charge in [0, 0.05) is 11.6 Å². The fourth-order valence-corrected chi connectivity index (χ4v) is 2.40. The third-order valence-electron chi connectivity index (χ3n) is 3.94. The normalized spacial score (nSPS) is 13.9. The molecule has 0 spiro atoms. The number of halogens is 1. The third kappa shape index (κ3) is 5.05. The number of hydrogen-bond acceptors (Lipinski definition) is 5. The van der Waals surface area contributed by atoms with E-state index in [1.54, 1.807) is 24.3 Å². The number of nitrogens with one attached hydrogen (secondary N) is 1. The second kappa shape index (κ2) is 8.32. The smallest absolute Gasteiger partial charge is 0.345 e. The number of para-hydroxylation sites is 1. The highest BCUT2D eigenvalue weighted by molar-refractivity contribution is 5.85. The molecule has 27 heavy (non-hydrogen) atoms. The molecule has 7 heteroatoms. The first-order chi connectivity index (χ1) is 13.1. The Balaban J connectivity index is 1.67. The van der Waals surface area contributed by atoms with Crippen LogP contribution in [0.3, 0.4) is 0 Å². The largest absolute Gasteiger partial charge is 0.481 e. The van der Waals surface area contributed by atoms with Gasteiger partial charge in [-0.25, -0.2) is 9.18 Å². The van der Waals surface area contributed by atoms with Crippen LogP contribution in [0, 0.1) is 17.1 Å². The zero-order chi connectivity index (χ0) is 19.2. The Morgan fingerprint density at radius 2 is 1.89 bits per heavy atom. The van der Waals surface area contributed by atoms with E-state index in [0.717, 1.165) is 12.8 Å². The van der Waals surface area contributed by atoms with E-state index >= 15 is 0 Å². The Morgan fingerprint density at radius 3 is 2.56 bits per heavy atom. The summed E-state index contributed by atoms with van der Waals surface area (Å²) < 4.78 is 23.8. The zero-order valence-electron chi connectivity index (χ0n) is 14.4. The molecule has 1 fully saturated rings. The fraction of sp³-hybridized carbons (Fsp3) is 0.250. The summed E-state index contributed by atoms with van der Waals surface area (Å²) in [7, 11) is 0. The molecule has 0 radical (unpaired) electrons. The molecule has 1 unspecified atom stereocenters. The van der Waals surface area contributed by atoms with Crippen LogP contribution in [0.15, 0.2) is 48.5 Å². The lowest BCUT2D eigenvalue weighted by Gasteiger charge is -2.18. The first kappa shape index (κ1) is 18.4. The van der Waals surface area contributed by atoms with Crippen molar-refractivity contribution in [2.75, 3.05) is 6.61 Å². The highest BCUT2D eigenvalue weighted by Crippen LogP contribution is 2.24. The van der Waals surface area contributed by atoms with E-state index in [1.807, 2.05) is 6.07 Å². The Bertz CT molecular complexity index is 872. The van der Waals surface area contributed by atoms with Crippen molar-refractivity contribution >= 4 is 11.9 Å². The van der Waals surface area contributed by atoms with Crippen LogP contribution in [0.4, 0.5) is 4.39 Å². The van der Waals surface area contributed by atoms with E-state index in [0.29, 0.717) is 5.56 Å². The summed E-state index contributed by atoms with van der Waals surface area (Å²) >= 11 is 0. The molecule has 1 N–H and O–H groups in total. The zero-order valence-corrected chi connectivity index (χ0v) is 14.4. The molecule has 1 aliphatic carbocycles. The lowest BCUT2D eigenvalue weighted by molar-refractivity contribution is -0.158. The second-order valence-corrected chi connectivity index (χ2v) is 6.10. The highest BCUT2D eigenvalue weighted by Gasteiger charge is 2.31.